The Morgan fingerprint density at radius 1 is 1.20 bits per heavy atom. The minimum absolute atomic E-state index is 0.340. The average Bonchev–Trinajstić information content (AvgIpc) is 2.21. The highest BCUT2D eigenvalue weighted by Gasteiger charge is 2.12. The molecule has 0 amide bonds. The first-order valence-electron chi connectivity index (χ1n) is 5.60. The zero-order chi connectivity index (χ0) is 11.3. The van der Waals surface area contributed by atoms with Gasteiger partial charge >= 0.3 is 0 Å². The molecule has 0 aliphatic rings. The SMILES string of the molecule is CCCCC(c1ccc(O)cc1)N(C)C. The van der Waals surface area contributed by atoms with Gasteiger partial charge in [0.2, 0.25) is 0 Å². The highest BCUT2D eigenvalue weighted by atomic mass is 16.3. The number of phenols is 1. The molecule has 0 fully saturated rings. The molecule has 1 N–H and O–H groups in total. The maximum absolute atomic E-state index is 9.24. The summed E-state index contributed by atoms with van der Waals surface area (Å²) in [5.74, 6) is 0.340. The zero-order valence-corrected chi connectivity index (χ0v) is 9.90. The van der Waals surface area contributed by atoms with E-state index in [0.717, 1.165) is 0 Å². The van der Waals surface area contributed by atoms with Gasteiger partial charge in [0, 0.05) is 6.04 Å². The summed E-state index contributed by atoms with van der Waals surface area (Å²) >= 11 is 0. The Morgan fingerprint density at radius 2 is 1.80 bits per heavy atom. The van der Waals surface area contributed by atoms with Gasteiger partial charge in [0.05, 0.1) is 0 Å². The van der Waals surface area contributed by atoms with E-state index in [9.17, 15) is 5.11 Å². The van der Waals surface area contributed by atoms with Gasteiger partial charge < -0.3 is 10.0 Å². The first kappa shape index (κ1) is 12.1. The van der Waals surface area contributed by atoms with Gasteiger partial charge in [-0.1, -0.05) is 31.9 Å². The van der Waals surface area contributed by atoms with Crippen LogP contribution in [0.3, 0.4) is 0 Å². The van der Waals surface area contributed by atoms with Crippen molar-refractivity contribution in [2.45, 2.75) is 32.2 Å². The Hall–Kier alpha value is -1.02. The second-order valence-corrected chi connectivity index (χ2v) is 4.21. The number of unbranched alkanes of at least 4 members (excludes halogenated alkanes) is 1. The van der Waals surface area contributed by atoms with Gasteiger partial charge in [-0.05, 0) is 38.2 Å². The topological polar surface area (TPSA) is 23.5 Å². The fourth-order valence-electron chi connectivity index (χ4n) is 1.82. The minimum Gasteiger partial charge on any atom is -0.508 e. The van der Waals surface area contributed by atoms with Crippen LogP contribution in [0.5, 0.6) is 5.75 Å². The van der Waals surface area contributed by atoms with Gasteiger partial charge in [-0.25, -0.2) is 0 Å². The van der Waals surface area contributed by atoms with E-state index in [1.807, 2.05) is 12.1 Å². The fraction of sp³-hybridized carbons (Fsp3) is 0.538. The van der Waals surface area contributed by atoms with Crippen LogP contribution in [0.25, 0.3) is 0 Å². The van der Waals surface area contributed by atoms with E-state index < -0.39 is 0 Å². The van der Waals surface area contributed by atoms with Gasteiger partial charge in [0.1, 0.15) is 5.75 Å². The quantitative estimate of drug-likeness (QED) is 0.801. The number of phenolic OH excluding ortho intramolecular Hbond substituents is 1. The van der Waals surface area contributed by atoms with Crippen LogP contribution in [-0.2, 0) is 0 Å². The second kappa shape index (κ2) is 5.76. The predicted molar refractivity (Wildman–Crippen MR) is 64.1 cm³/mol. The first-order valence-corrected chi connectivity index (χ1v) is 5.60. The van der Waals surface area contributed by atoms with Gasteiger partial charge in [-0.3, -0.25) is 0 Å². The Kier molecular flexibility index (Phi) is 4.63. The molecule has 1 rings (SSSR count). The molecule has 0 saturated heterocycles. The molecule has 1 aromatic carbocycles. The average molecular weight is 207 g/mol. The van der Waals surface area contributed by atoms with Crippen LogP contribution >= 0.6 is 0 Å². The van der Waals surface area contributed by atoms with Crippen molar-refractivity contribution in [3.05, 3.63) is 29.8 Å². The first-order chi connectivity index (χ1) is 7.15. The van der Waals surface area contributed by atoms with E-state index in [0.29, 0.717) is 11.8 Å². The van der Waals surface area contributed by atoms with Crippen LogP contribution in [0, 0.1) is 0 Å². The van der Waals surface area contributed by atoms with Crippen LogP contribution in [0.4, 0.5) is 0 Å². The molecule has 84 valence electrons. The minimum atomic E-state index is 0.340. The lowest BCUT2D eigenvalue weighted by atomic mass is 10.0. The summed E-state index contributed by atoms with van der Waals surface area (Å²) in [6, 6.07) is 8.01. The summed E-state index contributed by atoms with van der Waals surface area (Å²) in [4.78, 5) is 2.24. The van der Waals surface area contributed by atoms with E-state index >= 15 is 0 Å². The van der Waals surface area contributed by atoms with Crippen molar-refractivity contribution in [2.24, 2.45) is 0 Å². The molecule has 0 radical (unpaired) electrons. The highest BCUT2D eigenvalue weighted by molar-refractivity contribution is 5.27. The second-order valence-electron chi connectivity index (χ2n) is 4.21. The van der Waals surface area contributed by atoms with Gasteiger partial charge in [-0.15, -0.1) is 0 Å². The van der Waals surface area contributed by atoms with Crippen LogP contribution in [0.2, 0.25) is 0 Å². The molecule has 1 aromatic rings. The van der Waals surface area contributed by atoms with Crippen molar-refractivity contribution in [1.82, 2.24) is 4.90 Å². The zero-order valence-electron chi connectivity index (χ0n) is 9.90. The number of nitrogens with zero attached hydrogens (tertiary/aromatic N) is 1. The Morgan fingerprint density at radius 3 is 2.27 bits per heavy atom. The van der Waals surface area contributed by atoms with E-state index in [-0.39, 0.29) is 0 Å². The Bertz CT molecular complexity index is 279. The Labute approximate surface area is 92.5 Å². The van der Waals surface area contributed by atoms with Crippen LogP contribution in [0.15, 0.2) is 24.3 Å². The predicted octanol–water partition coefficient (Wildman–Crippen LogP) is 3.19. The number of aromatic hydroxyl groups is 1. The van der Waals surface area contributed by atoms with Crippen LogP contribution < -0.4 is 0 Å². The van der Waals surface area contributed by atoms with Crippen molar-refractivity contribution in [3.8, 4) is 5.75 Å². The van der Waals surface area contributed by atoms with E-state index in [1.165, 1.54) is 24.8 Å². The highest BCUT2D eigenvalue weighted by Crippen LogP contribution is 2.25. The van der Waals surface area contributed by atoms with Crippen molar-refractivity contribution < 1.29 is 5.11 Å². The summed E-state index contributed by atoms with van der Waals surface area (Å²) in [6.07, 6.45) is 3.64. The summed E-state index contributed by atoms with van der Waals surface area (Å²) < 4.78 is 0. The molecular formula is C13H21NO. The molecular weight excluding hydrogens is 186 g/mol. The fourth-order valence-corrected chi connectivity index (χ4v) is 1.82. The van der Waals surface area contributed by atoms with Crippen molar-refractivity contribution in [1.29, 1.82) is 0 Å². The molecule has 2 nitrogen and oxygen atoms in total. The van der Waals surface area contributed by atoms with E-state index in [4.69, 9.17) is 0 Å². The number of hydrogen-bond donors (Lipinski definition) is 1. The molecule has 1 unspecified atom stereocenters. The summed E-state index contributed by atoms with van der Waals surface area (Å²) in [5.41, 5.74) is 1.28. The van der Waals surface area contributed by atoms with Crippen LogP contribution in [-0.4, -0.2) is 24.1 Å². The molecule has 0 heterocycles. The molecule has 1 atom stereocenters. The smallest absolute Gasteiger partial charge is 0.115 e. The lowest BCUT2D eigenvalue weighted by molar-refractivity contribution is 0.278. The van der Waals surface area contributed by atoms with Crippen molar-refractivity contribution >= 4 is 0 Å². The third-order valence-electron chi connectivity index (χ3n) is 2.73. The maximum Gasteiger partial charge on any atom is 0.115 e. The van der Waals surface area contributed by atoms with Gasteiger partial charge in [0.15, 0.2) is 0 Å². The van der Waals surface area contributed by atoms with Gasteiger partial charge in [0.25, 0.3) is 0 Å². The van der Waals surface area contributed by atoms with Crippen molar-refractivity contribution in [2.75, 3.05) is 14.1 Å². The lowest BCUT2D eigenvalue weighted by Gasteiger charge is -2.24. The Balaban J connectivity index is 2.74. The third-order valence-corrected chi connectivity index (χ3v) is 2.73. The molecule has 0 spiro atoms. The number of benzene rings is 1. The molecule has 0 aromatic heterocycles. The van der Waals surface area contributed by atoms with E-state index in [1.54, 1.807) is 12.1 Å². The third kappa shape index (κ3) is 3.56. The molecule has 0 bridgehead atoms. The normalized spacial score (nSPS) is 13.1. The molecule has 15 heavy (non-hydrogen) atoms. The molecule has 0 aliphatic heterocycles. The van der Waals surface area contributed by atoms with Crippen LogP contribution in [0.1, 0.15) is 37.8 Å². The maximum atomic E-state index is 9.24. The standard InChI is InChI=1S/C13H21NO/c1-4-5-6-13(14(2)3)11-7-9-12(15)10-8-11/h7-10,13,15H,4-6H2,1-3H3. The van der Waals surface area contributed by atoms with Gasteiger partial charge in [-0.2, -0.15) is 0 Å². The van der Waals surface area contributed by atoms with E-state index in [2.05, 4.69) is 25.9 Å². The summed E-state index contributed by atoms with van der Waals surface area (Å²) in [5, 5.41) is 9.24. The van der Waals surface area contributed by atoms with Crippen molar-refractivity contribution in [3.63, 3.8) is 0 Å². The monoisotopic (exact) mass is 207 g/mol. The number of hydrogen-bond acceptors (Lipinski definition) is 2. The summed E-state index contributed by atoms with van der Waals surface area (Å²) in [6.45, 7) is 2.21. The summed E-state index contributed by atoms with van der Waals surface area (Å²) in [7, 11) is 4.21. The molecule has 2 heteroatoms. The molecule has 0 saturated carbocycles. The largest absolute Gasteiger partial charge is 0.508 e. The molecule has 0 aliphatic carbocycles. The number of rotatable bonds is 5. The lowest BCUT2D eigenvalue weighted by Crippen LogP contribution is -2.19.